The number of nitrogens with zero attached hydrogens (tertiary/aromatic N) is 1. The van der Waals surface area contributed by atoms with E-state index < -0.39 is 0 Å². The normalized spacial score (nSPS) is 19.8. The van der Waals surface area contributed by atoms with Gasteiger partial charge in [-0.15, -0.1) is 17.0 Å². The summed E-state index contributed by atoms with van der Waals surface area (Å²) >= 11 is 0. The molecular weight excluding hydrogens is 284 g/mol. The third-order valence-corrected chi connectivity index (χ3v) is 3.18. The maximum absolute atomic E-state index is 9.37. The zero-order valence-electron chi connectivity index (χ0n) is 9.67. The van der Waals surface area contributed by atoms with E-state index in [2.05, 4.69) is 4.90 Å². The molecule has 1 atom stereocenters. The van der Waals surface area contributed by atoms with Crippen molar-refractivity contribution in [2.24, 2.45) is 0 Å². The molecule has 0 aliphatic carbocycles. The number of hydrogen-bond donors (Lipinski definition) is 3. The number of benzene rings is 1. The largest absolute Gasteiger partial charge is 0.506 e. The quantitative estimate of drug-likeness (QED) is 0.576. The molecule has 1 aromatic carbocycles. The van der Waals surface area contributed by atoms with E-state index in [9.17, 15) is 10.2 Å². The zero-order valence-corrected chi connectivity index (χ0v) is 11.4. The van der Waals surface area contributed by atoms with Crippen molar-refractivity contribution in [1.82, 2.24) is 0 Å². The van der Waals surface area contributed by atoms with Gasteiger partial charge in [0.25, 0.3) is 0 Å². The number of aliphatic hydroxyl groups excluding tert-OH is 1. The molecule has 5 heteroatoms. The van der Waals surface area contributed by atoms with Gasteiger partial charge in [0.05, 0.1) is 18.3 Å². The molecule has 1 aliphatic heterocycles. The fraction of sp³-hybridized carbons (Fsp3) is 0.500. The molecule has 0 bridgehead atoms. The number of phenolic OH excluding ortho intramolecular Hbond substituents is 1. The Morgan fingerprint density at radius 1 is 1.35 bits per heavy atom. The Hall–Kier alpha value is -0.940. The second-order valence-electron chi connectivity index (χ2n) is 4.27. The second kappa shape index (κ2) is 6.12. The molecule has 1 unspecified atom stereocenters. The van der Waals surface area contributed by atoms with E-state index in [-0.39, 0.29) is 35.4 Å². The number of phenols is 1. The number of aromatic hydroxyl groups is 1. The lowest BCUT2D eigenvalue weighted by Crippen LogP contribution is -2.41. The Bertz CT molecular complexity index is 374. The summed E-state index contributed by atoms with van der Waals surface area (Å²) in [7, 11) is 0. The van der Waals surface area contributed by atoms with E-state index in [0.717, 1.165) is 31.5 Å². The first-order valence-electron chi connectivity index (χ1n) is 5.68. The number of hydrogen-bond acceptors (Lipinski definition) is 4. The minimum atomic E-state index is 0. The summed E-state index contributed by atoms with van der Waals surface area (Å²) in [4.78, 5) is 2.17. The third-order valence-electron chi connectivity index (χ3n) is 3.18. The van der Waals surface area contributed by atoms with Crippen LogP contribution >= 0.6 is 17.0 Å². The molecule has 0 amide bonds. The molecule has 0 spiro atoms. The number of anilines is 2. The van der Waals surface area contributed by atoms with Crippen LogP contribution in [0.3, 0.4) is 0 Å². The van der Waals surface area contributed by atoms with E-state index in [1.54, 1.807) is 12.1 Å². The summed E-state index contributed by atoms with van der Waals surface area (Å²) in [5.41, 5.74) is 7.04. The highest BCUT2D eigenvalue weighted by Crippen LogP contribution is 2.30. The van der Waals surface area contributed by atoms with Gasteiger partial charge in [0, 0.05) is 12.2 Å². The van der Waals surface area contributed by atoms with Gasteiger partial charge in [-0.1, -0.05) is 0 Å². The maximum Gasteiger partial charge on any atom is 0.138 e. The zero-order chi connectivity index (χ0) is 11.5. The number of halogens is 1. The molecule has 0 saturated carbocycles. The molecule has 96 valence electrons. The summed E-state index contributed by atoms with van der Waals surface area (Å²) in [6, 6.07) is 5.40. The van der Waals surface area contributed by atoms with Crippen molar-refractivity contribution in [3.63, 3.8) is 0 Å². The lowest BCUT2D eigenvalue weighted by molar-refractivity contribution is 0.240. The summed E-state index contributed by atoms with van der Waals surface area (Å²) < 4.78 is 0. The predicted molar refractivity (Wildman–Crippen MR) is 74.9 cm³/mol. The first-order chi connectivity index (χ1) is 7.72. The van der Waals surface area contributed by atoms with Crippen LogP contribution in [0.25, 0.3) is 0 Å². The van der Waals surface area contributed by atoms with Crippen molar-refractivity contribution in [3.8, 4) is 5.75 Å². The van der Waals surface area contributed by atoms with Crippen LogP contribution in [0.15, 0.2) is 18.2 Å². The minimum absolute atomic E-state index is 0. The monoisotopic (exact) mass is 302 g/mol. The fourth-order valence-electron chi connectivity index (χ4n) is 2.25. The van der Waals surface area contributed by atoms with Gasteiger partial charge in [-0.25, -0.2) is 0 Å². The molecule has 1 saturated heterocycles. The number of rotatable bonds is 2. The molecule has 1 fully saturated rings. The average Bonchev–Trinajstić information content (AvgIpc) is 2.32. The SMILES string of the molecule is Br.Nc1cc(N2CCCCC2CO)ccc1O. The van der Waals surface area contributed by atoms with Gasteiger partial charge in [0.1, 0.15) is 5.75 Å². The standard InChI is InChI=1S/C12H18N2O2.BrH/c13-11-7-9(4-5-12(11)16)14-6-2-1-3-10(14)8-15;/h4-5,7,10,15-16H,1-3,6,8,13H2;1H. The number of nitrogens with two attached hydrogens (primary N) is 1. The molecular formula is C12H19BrN2O2. The van der Waals surface area contributed by atoms with Crippen LogP contribution in [0.5, 0.6) is 5.75 Å². The van der Waals surface area contributed by atoms with E-state index in [1.807, 2.05) is 6.07 Å². The van der Waals surface area contributed by atoms with Crippen molar-refractivity contribution >= 4 is 28.4 Å². The molecule has 0 aromatic heterocycles. The van der Waals surface area contributed by atoms with E-state index in [0.29, 0.717) is 5.69 Å². The smallest absolute Gasteiger partial charge is 0.138 e. The van der Waals surface area contributed by atoms with Crippen molar-refractivity contribution in [1.29, 1.82) is 0 Å². The van der Waals surface area contributed by atoms with Crippen LogP contribution in [0.1, 0.15) is 19.3 Å². The molecule has 4 nitrogen and oxygen atoms in total. The lowest BCUT2D eigenvalue weighted by Gasteiger charge is -2.36. The molecule has 17 heavy (non-hydrogen) atoms. The molecule has 1 aromatic rings. The summed E-state index contributed by atoms with van der Waals surface area (Å²) in [5, 5.41) is 18.7. The summed E-state index contributed by atoms with van der Waals surface area (Å²) in [5.74, 6) is 0.112. The Morgan fingerprint density at radius 2 is 2.12 bits per heavy atom. The maximum atomic E-state index is 9.37. The van der Waals surface area contributed by atoms with Gasteiger partial charge in [-0.3, -0.25) is 0 Å². The Balaban J connectivity index is 0.00000144. The lowest BCUT2D eigenvalue weighted by atomic mass is 10.0. The van der Waals surface area contributed by atoms with E-state index in [4.69, 9.17) is 5.73 Å². The Kier molecular flexibility index (Phi) is 5.08. The molecule has 1 aliphatic rings. The average molecular weight is 303 g/mol. The molecule has 0 radical (unpaired) electrons. The van der Waals surface area contributed by atoms with Gasteiger partial charge in [-0.05, 0) is 37.5 Å². The van der Waals surface area contributed by atoms with Gasteiger partial charge in [-0.2, -0.15) is 0 Å². The van der Waals surface area contributed by atoms with Gasteiger partial charge < -0.3 is 20.8 Å². The minimum Gasteiger partial charge on any atom is -0.506 e. The van der Waals surface area contributed by atoms with Crippen molar-refractivity contribution in [2.45, 2.75) is 25.3 Å². The number of nitrogen functional groups attached to an aromatic ring is 1. The Labute approximate surface area is 112 Å². The molecule has 4 N–H and O–H groups in total. The highest BCUT2D eigenvalue weighted by atomic mass is 79.9. The first-order valence-corrected chi connectivity index (χ1v) is 5.68. The van der Waals surface area contributed by atoms with Crippen molar-refractivity contribution in [2.75, 3.05) is 23.8 Å². The highest BCUT2D eigenvalue weighted by Gasteiger charge is 2.22. The first kappa shape index (κ1) is 14.1. The second-order valence-corrected chi connectivity index (χ2v) is 4.27. The van der Waals surface area contributed by atoms with Gasteiger partial charge >= 0.3 is 0 Å². The van der Waals surface area contributed by atoms with Crippen molar-refractivity contribution < 1.29 is 10.2 Å². The van der Waals surface area contributed by atoms with Crippen LogP contribution in [-0.4, -0.2) is 29.4 Å². The van der Waals surface area contributed by atoms with Crippen LogP contribution < -0.4 is 10.6 Å². The van der Waals surface area contributed by atoms with Gasteiger partial charge in [0.2, 0.25) is 0 Å². The van der Waals surface area contributed by atoms with Crippen LogP contribution in [0.2, 0.25) is 0 Å². The predicted octanol–water partition coefficient (Wildman–Crippen LogP) is 1.90. The third kappa shape index (κ3) is 3.04. The summed E-state index contributed by atoms with van der Waals surface area (Å²) in [6.45, 7) is 1.11. The van der Waals surface area contributed by atoms with E-state index >= 15 is 0 Å². The van der Waals surface area contributed by atoms with Crippen LogP contribution in [0, 0.1) is 0 Å². The molecule has 2 rings (SSSR count). The van der Waals surface area contributed by atoms with Gasteiger partial charge in [0.15, 0.2) is 0 Å². The van der Waals surface area contributed by atoms with Crippen molar-refractivity contribution in [3.05, 3.63) is 18.2 Å². The fourth-order valence-corrected chi connectivity index (χ4v) is 2.25. The molecule has 1 heterocycles. The Morgan fingerprint density at radius 3 is 2.76 bits per heavy atom. The topological polar surface area (TPSA) is 69.7 Å². The number of piperidine rings is 1. The number of aliphatic hydroxyl groups is 1. The highest BCUT2D eigenvalue weighted by molar-refractivity contribution is 8.93. The van der Waals surface area contributed by atoms with Crippen LogP contribution in [-0.2, 0) is 0 Å². The van der Waals surface area contributed by atoms with Crippen LogP contribution in [0.4, 0.5) is 11.4 Å². The van der Waals surface area contributed by atoms with E-state index in [1.165, 1.54) is 0 Å². The summed E-state index contributed by atoms with van der Waals surface area (Å²) in [6.07, 6.45) is 3.31.